The molecular formula is C12H14N4OS. The van der Waals surface area contributed by atoms with E-state index in [1.54, 1.807) is 18.1 Å². The maximum Gasteiger partial charge on any atom is 0.140 e. The number of benzene rings is 1. The van der Waals surface area contributed by atoms with Crippen molar-refractivity contribution in [3.05, 3.63) is 30.6 Å². The first kappa shape index (κ1) is 12.6. The van der Waals surface area contributed by atoms with Gasteiger partial charge in [-0.05, 0) is 6.07 Å². The Kier molecular flexibility index (Phi) is 3.99. The molecule has 2 aromatic rings. The minimum Gasteiger partial charge on any atom is -0.409 e. The SMILES string of the molecule is CC(CC(N)=NO)Sc1ncnc2ccccc12. The molecule has 0 amide bonds. The van der Waals surface area contributed by atoms with E-state index in [-0.39, 0.29) is 11.1 Å². The van der Waals surface area contributed by atoms with E-state index < -0.39 is 0 Å². The Bertz CT molecular complexity index is 568. The lowest BCUT2D eigenvalue weighted by atomic mass is 10.2. The number of para-hydroxylation sites is 1. The Balaban J connectivity index is 2.21. The van der Waals surface area contributed by atoms with Crippen molar-refractivity contribution in [1.29, 1.82) is 0 Å². The summed E-state index contributed by atoms with van der Waals surface area (Å²) in [4.78, 5) is 8.50. The van der Waals surface area contributed by atoms with Crippen LogP contribution in [-0.4, -0.2) is 26.3 Å². The number of aromatic nitrogens is 2. The normalized spacial score (nSPS) is 13.7. The van der Waals surface area contributed by atoms with E-state index >= 15 is 0 Å². The number of hydrogen-bond donors (Lipinski definition) is 2. The van der Waals surface area contributed by atoms with Crippen molar-refractivity contribution < 1.29 is 5.21 Å². The first-order valence-electron chi connectivity index (χ1n) is 5.53. The molecule has 1 atom stereocenters. The minimum absolute atomic E-state index is 0.180. The van der Waals surface area contributed by atoms with Crippen molar-refractivity contribution in [3.8, 4) is 0 Å². The van der Waals surface area contributed by atoms with Gasteiger partial charge in [0, 0.05) is 17.1 Å². The topological polar surface area (TPSA) is 84.4 Å². The monoisotopic (exact) mass is 262 g/mol. The molecule has 18 heavy (non-hydrogen) atoms. The third-order valence-electron chi connectivity index (χ3n) is 2.44. The molecule has 3 N–H and O–H groups in total. The number of oxime groups is 1. The van der Waals surface area contributed by atoms with Crippen LogP contribution in [0.2, 0.25) is 0 Å². The fourth-order valence-electron chi connectivity index (χ4n) is 1.64. The Morgan fingerprint density at radius 1 is 1.44 bits per heavy atom. The molecule has 1 aromatic carbocycles. The molecule has 0 spiro atoms. The highest BCUT2D eigenvalue weighted by molar-refractivity contribution is 8.00. The van der Waals surface area contributed by atoms with Crippen LogP contribution in [0.4, 0.5) is 0 Å². The van der Waals surface area contributed by atoms with Gasteiger partial charge in [-0.25, -0.2) is 9.97 Å². The zero-order valence-electron chi connectivity index (χ0n) is 9.95. The maximum absolute atomic E-state index is 8.55. The summed E-state index contributed by atoms with van der Waals surface area (Å²) in [5.74, 6) is 0.230. The van der Waals surface area contributed by atoms with Gasteiger partial charge in [0.1, 0.15) is 17.2 Å². The number of amidine groups is 1. The van der Waals surface area contributed by atoms with Gasteiger partial charge in [-0.2, -0.15) is 0 Å². The van der Waals surface area contributed by atoms with E-state index in [9.17, 15) is 0 Å². The first-order valence-corrected chi connectivity index (χ1v) is 6.41. The summed E-state index contributed by atoms with van der Waals surface area (Å²) in [6.07, 6.45) is 2.07. The molecule has 94 valence electrons. The van der Waals surface area contributed by atoms with Gasteiger partial charge in [-0.3, -0.25) is 0 Å². The summed E-state index contributed by atoms with van der Waals surface area (Å²) in [5, 5.41) is 13.7. The summed E-state index contributed by atoms with van der Waals surface area (Å²) in [6.45, 7) is 2.01. The first-order chi connectivity index (χ1) is 8.70. The average molecular weight is 262 g/mol. The molecule has 6 heteroatoms. The number of fused-ring (bicyclic) bond motifs is 1. The molecule has 0 saturated carbocycles. The molecule has 0 bridgehead atoms. The molecule has 1 heterocycles. The fourth-order valence-corrected chi connectivity index (χ4v) is 2.68. The Labute approximate surface area is 109 Å². The summed E-state index contributed by atoms with van der Waals surface area (Å²) in [6, 6.07) is 7.86. The summed E-state index contributed by atoms with van der Waals surface area (Å²) in [5.41, 5.74) is 6.42. The maximum atomic E-state index is 8.55. The molecular weight excluding hydrogens is 248 g/mol. The third-order valence-corrected chi connectivity index (χ3v) is 3.56. The quantitative estimate of drug-likeness (QED) is 0.220. The van der Waals surface area contributed by atoms with E-state index in [1.165, 1.54) is 0 Å². The van der Waals surface area contributed by atoms with Gasteiger partial charge in [0.15, 0.2) is 0 Å². The molecule has 1 aromatic heterocycles. The van der Waals surface area contributed by atoms with E-state index in [1.807, 2.05) is 31.2 Å². The van der Waals surface area contributed by atoms with Gasteiger partial charge in [0.05, 0.1) is 5.52 Å². The lowest BCUT2D eigenvalue weighted by molar-refractivity contribution is 0.317. The second kappa shape index (κ2) is 5.68. The molecule has 0 saturated heterocycles. The Hall–Kier alpha value is -1.82. The summed E-state index contributed by atoms with van der Waals surface area (Å²) in [7, 11) is 0. The number of nitrogens with zero attached hydrogens (tertiary/aromatic N) is 3. The Morgan fingerprint density at radius 2 is 2.22 bits per heavy atom. The lowest BCUT2D eigenvalue weighted by Gasteiger charge is -2.10. The predicted octanol–water partition coefficient (Wildman–Crippen LogP) is 2.25. The van der Waals surface area contributed by atoms with Crippen LogP contribution in [0.1, 0.15) is 13.3 Å². The van der Waals surface area contributed by atoms with Gasteiger partial charge in [0.25, 0.3) is 0 Å². The smallest absolute Gasteiger partial charge is 0.140 e. The molecule has 0 aliphatic rings. The van der Waals surface area contributed by atoms with Crippen LogP contribution < -0.4 is 5.73 Å². The number of rotatable bonds is 4. The van der Waals surface area contributed by atoms with E-state index in [0.717, 1.165) is 15.9 Å². The van der Waals surface area contributed by atoms with Crippen LogP contribution in [0, 0.1) is 0 Å². The van der Waals surface area contributed by atoms with Gasteiger partial charge in [0.2, 0.25) is 0 Å². The minimum atomic E-state index is 0.180. The highest BCUT2D eigenvalue weighted by Gasteiger charge is 2.11. The zero-order valence-corrected chi connectivity index (χ0v) is 10.8. The number of hydrogen-bond acceptors (Lipinski definition) is 5. The molecule has 0 radical (unpaired) electrons. The molecule has 1 unspecified atom stereocenters. The molecule has 2 rings (SSSR count). The van der Waals surface area contributed by atoms with Crippen molar-refractivity contribution >= 4 is 28.5 Å². The molecule has 0 aliphatic carbocycles. The van der Waals surface area contributed by atoms with E-state index in [4.69, 9.17) is 10.9 Å². The van der Waals surface area contributed by atoms with E-state index in [2.05, 4.69) is 15.1 Å². The van der Waals surface area contributed by atoms with Crippen LogP contribution in [0.5, 0.6) is 0 Å². The van der Waals surface area contributed by atoms with Crippen LogP contribution in [0.15, 0.2) is 40.8 Å². The standard InChI is InChI=1S/C12H14N4OS/c1-8(6-11(13)16-17)18-12-9-4-2-3-5-10(9)14-7-15-12/h2-5,7-8,17H,6H2,1H3,(H2,13,16). The molecule has 0 aliphatic heterocycles. The highest BCUT2D eigenvalue weighted by Crippen LogP contribution is 2.28. The predicted molar refractivity (Wildman–Crippen MR) is 72.9 cm³/mol. The number of thioether (sulfide) groups is 1. The molecule has 5 nitrogen and oxygen atoms in total. The van der Waals surface area contributed by atoms with Crippen LogP contribution in [0.3, 0.4) is 0 Å². The third kappa shape index (κ3) is 2.89. The van der Waals surface area contributed by atoms with Crippen molar-refractivity contribution in [2.45, 2.75) is 23.6 Å². The zero-order chi connectivity index (χ0) is 13.0. The van der Waals surface area contributed by atoms with Gasteiger partial charge < -0.3 is 10.9 Å². The van der Waals surface area contributed by atoms with Crippen molar-refractivity contribution in [3.63, 3.8) is 0 Å². The largest absolute Gasteiger partial charge is 0.409 e. The number of nitrogens with two attached hydrogens (primary N) is 1. The lowest BCUT2D eigenvalue weighted by Crippen LogP contribution is -2.16. The van der Waals surface area contributed by atoms with E-state index in [0.29, 0.717) is 6.42 Å². The summed E-state index contributed by atoms with van der Waals surface area (Å²) < 4.78 is 0. The second-order valence-corrected chi connectivity index (χ2v) is 5.35. The van der Waals surface area contributed by atoms with Crippen molar-refractivity contribution in [2.75, 3.05) is 0 Å². The van der Waals surface area contributed by atoms with Crippen LogP contribution in [-0.2, 0) is 0 Å². The second-order valence-electron chi connectivity index (χ2n) is 3.92. The van der Waals surface area contributed by atoms with Crippen LogP contribution in [0.25, 0.3) is 10.9 Å². The van der Waals surface area contributed by atoms with Crippen molar-refractivity contribution in [1.82, 2.24) is 9.97 Å². The highest BCUT2D eigenvalue weighted by atomic mass is 32.2. The average Bonchev–Trinajstić information content (AvgIpc) is 2.39. The van der Waals surface area contributed by atoms with Gasteiger partial charge in [-0.1, -0.05) is 30.3 Å². The van der Waals surface area contributed by atoms with Crippen LogP contribution >= 0.6 is 11.8 Å². The Morgan fingerprint density at radius 3 is 3.00 bits per heavy atom. The fraction of sp³-hybridized carbons (Fsp3) is 0.250. The van der Waals surface area contributed by atoms with Gasteiger partial charge >= 0.3 is 0 Å². The van der Waals surface area contributed by atoms with Crippen molar-refractivity contribution in [2.24, 2.45) is 10.9 Å². The van der Waals surface area contributed by atoms with Gasteiger partial charge in [-0.15, -0.1) is 11.8 Å². The molecule has 0 fully saturated rings. The summed E-state index contributed by atoms with van der Waals surface area (Å²) >= 11 is 1.59.